The Balaban J connectivity index is 1.91. The van der Waals surface area contributed by atoms with Crippen LogP contribution in [0.4, 0.5) is 13.2 Å². The minimum Gasteiger partial charge on any atom is -0.454 e. The normalized spacial score (nSPS) is 15.8. The molecule has 2 N–H and O–H groups in total. The second-order valence-electron chi connectivity index (χ2n) is 3.87. The standard InChI is InChI=1S/C11H12F3NO3/c12-11(13,14)5-15-4-8(16)7-1-2-9-10(3-7)18-6-17-9/h1-3,8,15-16H,4-6H2. The van der Waals surface area contributed by atoms with Crippen molar-refractivity contribution in [1.29, 1.82) is 0 Å². The summed E-state index contributed by atoms with van der Waals surface area (Å²) in [5.41, 5.74) is 0.480. The largest absolute Gasteiger partial charge is 0.454 e. The summed E-state index contributed by atoms with van der Waals surface area (Å²) < 4.78 is 45.9. The number of ether oxygens (including phenoxy) is 2. The van der Waals surface area contributed by atoms with Crippen LogP contribution in [-0.4, -0.2) is 31.2 Å². The van der Waals surface area contributed by atoms with Gasteiger partial charge >= 0.3 is 6.18 Å². The molecule has 0 spiro atoms. The number of nitrogens with one attached hydrogen (secondary N) is 1. The van der Waals surface area contributed by atoms with Gasteiger partial charge in [0.25, 0.3) is 0 Å². The van der Waals surface area contributed by atoms with E-state index in [0.29, 0.717) is 17.1 Å². The molecule has 1 heterocycles. The Morgan fingerprint density at radius 1 is 1.28 bits per heavy atom. The number of alkyl halides is 3. The zero-order valence-corrected chi connectivity index (χ0v) is 9.33. The number of rotatable bonds is 4. The highest BCUT2D eigenvalue weighted by atomic mass is 19.4. The van der Waals surface area contributed by atoms with Gasteiger partial charge in [-0.2, -0.15) is 13.2 Å². The van der Waals surface area contributed by atoms with Crippen LogP contribution in [0.5, 0.6) is 11.5 Å². The van der Waals surface area contributed by atoms with E-state index in [-0.39, 0.29) is 13.3 Å². The molecule has 100 valence electrons. The van der Waals surface area contributed by atoms with Gasteiger partial charge in [-0.25, -0.2) is 0 Å². The Morgan fingerprint density at radius 2 is 2.00 bits per heavy atom. The average Bonchev–Trinajstić information content (AvgIpc) is 2.73. The maximum atomic E-state index is 11.9. The van der Waals surface area contributed by atoms with Crippen molar-refractivity contribution >= 4 is 0 Å². The van der Waals surface area contributed by atoms with Gasteiger partial charge in [-0.1, -0.05) is 6.07 Å². The number of hydrogen-bond acceptors (Lipinski definition) is 4. The zero-order valence-electron chi connectivity index (χ0n) is 9.33. The summed E-state index contributed by atoms with van der Waals surface area (Å²) in [6.07, 6.45) is -5.31. The monoisotopic (exact) mass is 263 g/mol. The molecule has 0 aromatic heterocycles. The van der Waals surface area contributed by atoms with Gasteiger partial charge in [0.05, 0.1) is 12.6 Å². The summed E-state index contributed by atoms with van der Waals surface area (Å²) in [4.78, 5) is 0. The van der Waals surface area contributed by atoms with E-state index >= 15 is 0 Å². The fourth-order valence-electron chi connectivity index (χ4n) is 1.59. The molecule has 7 heteroatoms. The van der Waals surface area contributed by atoms with E-state index in [2.05, 4.69) is 5.32 Å². The van der Waals surface area contributed by atoms with Crippen LogP contribution in [-0.2, 0) is 0 Å². The molecule has 0 saturated carbocycles. The zero-order chi connectivity index (χ0) is 13.2. The van der Waals surface area contributed by atoms with Gasteiger partial charge in [-0.15, -0.1) is 0 Å². The number of benzene rings is 1. The van der Waals surface area contributed by atoms with E-state index in [4.69, 9.17) is 9.47 Å². The van der Waals surface area contributed by atoms with Crippen molar-refractivity contribution < 1.29 is 27.8 Å². The van der Waals surface area contributed by atoms with Crippen LogP contribution in [0.25, 0.3) is 0 Å². The van der Waals surface area contributed by atoms with Gasteiger partial charge in [0.1, 0.15) is 0 Å². The molecule has 18 heavy (non-hydrogen) atoms. The molecule has 0 bridgehead atoms. The van der Waals surface area contributed by atoms with Gasteiger partial charge in [0, 0.05) is 6.54 Å². The van der Waals surface area contributed by atoms with Gasteiger partial charge in [0.15, 0.2) is 11.5 Å². The molecule has 0 aliphatic carbocycles. The van der Waals surface area contributed by atoms with Crippen LogP contribution >= 0.6 is 0 Å². The van der Waals surface area contributed by atoms with Crippen molar-refractivity contribution in [1.82, 2.24) is 5.32 Å². The van der Waals surface area contributed by atoms with Gasteiger partial charge < -0.3 is 19.9 Å². The predicted octanol–water partition coefficient (Wildman–Crippen LogP) is 1.60. The fourth-order valence-corrected chi connectivity index (χ4v) is 1.59. The minimum absolute atomic E-state index is 0.112. The van der Waals surface area contributed by atoms with E-state index in [1.165, 1.54) is 0 Å². The molecule has 1 aliphatic heterocycles. The third-order valence-corrected chi connectivity index (χ3v) is 2.44. The molecule has 1 aromatic carbocycles. The Hall–Kier alpha value is -1.47. The van der Waals surface area contributed by atoms with Crippen LogP contribution in [0.1, 0.15) is 11.7 Å². The highest BCUT2D eigenvalue weighted by Crippen LogP contribution is 2.34. The molecule has 0 fully saturated rings. The Morgan fingerprint density at radius 3 is 2.72 bits per heavy atom. The summed E-state index contributed by atoms with van der Waals surface area (Å²) in [6.45, 7) is -1.20. The number of halogens is 3. The number of aliphatic hydroxyl groups excluding tert-OH is 1. The maximum Gasteiger partial charge on any atom is 0.401 e. The van der Waals surface area contributed by atoms with E-state index in [9.17, 15) is 18.3 Å². The lowest BCUT2D eigenvalue weighted by Gasteiger charge is -2.13. The van der Waals surface area contributed by atoms with Gasteiger partial charge in [0.2, 0.25) is 6.79 Å². The molecule has 1 aliphatic rings. The third kappa shape index (κ3) is 3.27. The second kappa shape index (κ2) is 5.03. The lowest BCUT2D eigenvalue weighted by molar-refractivity contribution is -0.125. The molecule has 0 radical (unpaired) electrons. The molecule has 1 unspecified atom stereocenters. The number of hydrogen-bond donors (Lipinski definition) is 2. The molecular weight excluding hydrogens is 251 g/mol. The summed E-state index contributed by atoms with van der Waals surface area (Å²) in [7, 11) is 0. The molecule has 4 nitrogen and oxygen atoms in total. The molecule has 1 aromatic rings. The van der Waals surface area contributed by atoms with Crippen molar-refractivity contribution in [3.8, 4) is 11.5 Å². The van der Waals surface area contributed by atoms with E-state index in [0.717, 1.165) is 0 Å². The fraction of sp³-hybridized carbons (Fsp3) is 0.455. The molecule has 0 saturated heterocycles. The number of aliphatic hydroxyl groups is 1. The van der Waals surface area contributed by atoms with Crippen molar-refractivity contribution in [2.75, 3.05) is 19.9 Å². The van der Waals surface area contributed by atoms with Crippen LogP contribution in [0.2, 0.25) is 0 Å². The molecular formula is C11H12F3NO3. The molecule has 0 amide bonds. The lowest BCUT2D eigenvalue weighted by Crippen LogP contribution is -2.31. The lowest BCUT2D eigenvalue weighted by atomic mass is 10.1. The summed E-state index contributed by atoms with van der Waals surface area (Å²) in [5, 5.41) is 11.9. The van der Waals surface area contributed by atoms with Gasteiger partial charge in [-0.3, -0.25) is 0 Å². The predicted molar refractivity (Wildman–Crippen MR) is 56.4 cm³/mol. The van der Waals surface area contributed by atoms with Crippen LogP contribution < -0.4 is 14.8 Å². The topological polar surface area (TPSA) is 50.7 Å². The summed E-state index contributed by atoms with van der Waals surface area (Å²) in [5.74, 6) is 1.05. The van der Waals surface area contributed by atoms with Gasteiger partial charge in [-0.05, 0) is 17.7 Å². The first-order chi connectivity index (χ1) is 8.46. The Kier molecular flexibility index (Phi) is 3.63. The number of fused-ring (bicyclic) bond motifs is 1. The summed E-state index contributed by atoms with van der Waals surface area (Å²) in [6, 6.07) is 4.76. The van der Waals surface area contributed by atoms with E-state index in [1.54, 1.807) is 18.2 Å². The highest BCUT2D eigenvalue weighted by Gasteiger charge is 2.26. The Labute approximate surface area is 101 Å². The van der Waals surface area contributed by atoms with Crippen molar-refractivity contribution in [3.05, 3.63) is 23.8 Å². The van der Waals surface area contributed by atoms with Crippen molar-refractivity contribution in [2.24, 2.45) is 0 Å². The highest BCUT2D eigenvalue weighted by molar-refractivity contribution is 5.45. The van der Waals surface area contributed by atoms with Crippen molar-refractivity contribution in [2.45, 2.75) is 12.3 Å². The quantitative estimate of drug-likeness (QED) is 0.866. The van der Waals surface area contributed by atoms with Crippen LogP contribution in [0, 0.1) is 0 Å². The summed E-state index contributed by atoms with van der Waals surface area (Å²) >= 11 is 0. The molecule has 2 rings (SSSR count). The smallest absolute Gasteiger partial charge is 0.401 e. The average molecular weight is 263 g/mol. The van der Waals surface area contributed by atoms with E-state index in [1.807, 2.05) is 0 Å². The van der Waals surface area contributed by atoms with Crippen molar-refractivity contribution in [3.63, 3.8) is 0 Å². The maximum absolute atomic E-state index is 11.9. The SMILES string of the molecule is OC(CNCC(F)(F)F)c1ccc2c(c1)OCO2. The minimum atomic E-state index is -4.28. The first-order valence-electron chi connectivity index (χ1n) is 5.31. The molecule has 1 atom stereocenters. The van der Waals surface area contributed by atoms with Crippen LogP contribution in [0.15, 0.2) is 18.2 Å². The third-order valence-electron chi connectivity index (χ3n) is 2.44. The first kappa shape index (κ1) is 13.0. The van der Waals surface area contributed by atoms with E-state index < -0.39 is 18.8 Å². The van der Waals surface area contributed by atoms with Crippen LogP contribution in [0.3, 0.4) is 0 Å². The first-order valence-corrected chi connectivity index (χ1v) is 5.31. The second-order valence-corrected chi connectivity index (χ2v) is 3.87. The Bertz CT molecular complexity index is 422.